The zero-order valence-corrected chi connectivity index (χ0v) is 6.86. The van der Waals surface area contributed by atoms with Crippen molar-refractivity contribution in [2.24, 2.45) is 0 Å². The highest BCUT2D eigenvalue weighted by Gasteiger charge is 1.99. The summed E-state index contributed by atoms with van der Waals surface area (Å²) in [6.07, 6.45) is 0. The van der Waals surface area contributed by atoms with Gasteiger partial charge in [-0.2, -0.15) is 0 Å². The first-order chi connectivity index (χ1) is 4.35. The lowest BCUT2D eigenvalue weighted by Gasteiger charge is -2.09. The summed E-state index contributed by atoms with van der Waals surface area (Å²) in [5.41, 5.74) is 0. The van der Waals surface area contributed by atoms with Crippen molar-refractivity contribution in [2.75, 3.05) is 13.2 Å². The molecule has 3 heteroatoms. The van der Waals surface area contributed by atoms with Gasteiger partial charge in [0.15, 0.2) is 8.38 Å². The second-order valence-corrected chi connectivity index (χ2v) is 2.76. The number of hydrogen-bond acceptors (Lipinski definition) is 2. The fraction of sp³-hybridized carbons (Fsp3) is 0.667. The maximum atomic E-state index is 5.16. The molecule has 0 N–H and O–H groups in total. The molecule has 0 rings (SSSR count). The van der Waals surface area contributed by atoms with E-state index < -0.39 is 8.38 Å². The Labute approximate surface area is 57.8 Å². The maximum absolute atomic E-state index is 5.16. The molecule has 0 radical (unpaired) electrons. The Morgan fingerprint density at radius 3 is 2.00 bits per heavy atom. The van der Waals surface area contributed by atoms with Crippen LogP contribution in [-0.2, 0) is 9.05 Å². The van der Waals surface area contributed by atoms with Crippen molar-refractivity contribution in [2.45, 2.75) is 13.8 Å². The summed E-state index contributed by atoms with van der Waals surface area (Å²) in [5, 5.41) is 0. The lowest BCUT2D eigenvalue weighted by molar-refractivity contribution is 0.277. The van der Waals surface area contributed by atoms with Crippen LogP contribution < -0.4 is 0 Å². The normalized spacial score (nSPS) is 10.1. The highest BCUT2D eigenvalue weighted by Crippen LogP contribution is 2.38. The summed E-state index contributed by atoms with van der Waals surface area (Å²) < 4.78 is 10.3. The van der Waals surface area contributed by atoms with Gasteiger partial charge >= 0.3 is 0 Å². The van der Waals surface area contributed by atoms with Crippen LogP contribution in [0.4, 0.5) is 0 Å². The van der Waals surface area contributed by atoms with Crippen molar-refractivity contribution in [1.29, 1.82) is 0 Å². The Morgan fingerprint density at radius 1 is 1.33 bits per heavy atom. The largest absolute Gasteiger partial charge is 0.331 e. The summed E-state index contributed by atoms with van der Waals surface area (Å²) in [6, 6.07) is 0. The van der Waals surface area contributed by atoms with Gasteiger partial charge in [0.1, 0.15) is 0 Å². The summed E-state index contributed by atoms with van der Waals surface area (Å²) in [6.45, 7) is 8.85. The molecule has 0 spiro atoms. The molecule has 2 nitrogen and oxygen atoms in total. The zero-order chi connectivity index (χ0) is 7.11. The van der Waals surface area contributed by atoms with Gasteiger partial charge in [0, 0.05) is 0 Å². The van der Waals surface area contributed by atoms with E-state index in [1.54, 1.807) is 5.82 Å². The van der Waals surface area contributed by atoms with Crippen LogP contribution in [0.15, 0.2) is 12.4 Å². The van der Waals surface area contributed by atoms with Crippen LogP contribution in [0.25, 0.3) is 0 Å². The van der Waals surface area contributed by atoms with Crippen molar-refractivity contribution in [3.63, 3.8) is 0 Å². The molecule has 0 bridgehead atoms. The predicted octanol–water partition coefficient (Wildman–Crippen LogP) is 2.51. The lowest BCUT2D eigenvalue weighted by atomic mass is 10.9. The lowest BCUT2D eigenvalue weighted by Crippen LogP contribution is -1.86. The van der Waals surface area contributed by atoms with Crippen LogP contribution in [-0.4, -0.2) is 13.2 Å². The summed E-state index contributed by atoms with van der Waals surface area (Å²) in [5.74, 6) is 1.71. The molecule has 9 heavy (non-hydrogen) atoms. The summed E-state index contributed by atoms with van der Waals surface area (Å²) >= 11 is 0. The first-order valence-corrected chi connectivity index (χ1v) is 4.27. The quantitative estimate of drug-likeness (QED) is 0.557. The Morgan fingerprint density at radius 2 is 1.78 bits per heavy atom. The molecule has 0 aromatic rings. The third kappa shape index (κ3) is 4.58. The SMILES string of the molecule is C=CP(OCC)OCC. The Balaban J connectivity index is 3.29. The molecule has 0 aromatic heterocycles. The van der Waals surface area contributed by atoms with E-state index in [-0.39, 0.29) is 0 Å². The van der Waals surface area contributed by atoms with Gasteiger partial charge in [0.25, 0.3) is 0 Å². The predicted molar refractivity (Wildman–Crippen MR) is 40.4 cm³/mol. The van der Waals surface area contributed by atoms with Gasteiger partial charge in [0.2, 0.25) is 0 Å². The van der Waals surface area contributed by atoms with Crippen LogP contribution in [0.1, 0.15) is 13.8 Å². The topological polar surface area (TPSA) is 18.5 Å². The molecule has 0 atom stereocenters. The van der Waals surface area contributed by atoms with Gasteiger partial charge in [-0.25, -0.2) is 0 Å². The molecule has 0 unspecified atom stereocenters. The van der Waals surface area contributed by atoms with E-state index in [4.69, 9.17) is 9.05 Å². The highest BCUT2D eigenvalue weighted by atomic mass is 31.2. The fourth-order valence-corrected chi connectivity index (χ4v) is 1.19. The average molecular weight is 148 g/mol. The molecule has 0 aliphatic carbocycles. The van der Waals surface area contributed by atoms with E-state index in [0.717, 1.165) is 0 Å². The first kappa shape index (κ1) is 9.09. The van der Waals surface area contributed by atoms with Crippen molar-refractivity contribution in [3.8, 4) is 0 Å². The van der Waals surface area contributed by atoms with Gasteiger partial charge in [-0.15, -0.1) is 0 Å². The van der Waals surface area contributed by atoms with E-state index in [1.165, 1.54) is 0 Å². The first-order valence-electron chi connectivity index (χ1n) is 3.02. The maximum Gasteiger partial charge on any atom is 0.196 e. The zero-order valence-electron chi connectivity index (χ0n) is 5.96. The summed E-state index contributed by atoms with van der Waals surface area (Å²) in [4.78, 5) is 0. The smallest absolute Gasteiger partial charge is 0.196 e. The second-order valence-electron chi connectivity index (χ2n) is 1.30. The minimum absolute atomic E-state index is 0.692. The molecular weight excluding hydrogens is 135 g/mol. The molecule has 0 amide bonds. The van der Waals surface area contributed by atoms with E-state index >= 15 is 0 Å². The van der Waals surface area contributed by atoms with Crippen LogP contribution in [0.5, 0.6) is 0 Å². The average Bonchev–Trinajstić information content (AvgIpc) is 1.88. The van der Waals surface area contributed by atoms with E-state index in [0.29, 0.717) is 13.2 Å². The van der Waals surface area contributed by atoms with Crippen LogP contribution in [0.3, 0.4) is 0 Å². The van der Waals surface area contributed by atoms with Crippen molar-refractivity contribution in [3.05, 3.63) is 12.4 Å². The van der Waals surface area contributed by atoms with Crippen LogP contribution in [0.2, 0.25) is 0 Å². The Hall–Kier alpha value is 0.0900. The van der Waals surface area contributed by atoms with Crippen LogP contribution in [0, 0.1) is 0 Å². The monoisotopic (exact) mass is 148 g/mol. The number of hydrogen-bond donors (Lipinski definition) is 0. The number of rotatable bonds is 5. The highest BCUT2D eigenvalue weighted by molar-refractivity contribution is 7.50. The van der Waals surface area contributed by atoms with Crippen molar-refractivity contribution in [1.82, 2.24) is 0 Å². The van der Waals surface area contributed by atoms with Crippen molar-refractivity contribution < 1.29 is 9.05 Å². The van der Waals surface area contributed by atoms with E-state index in [2.05, 4.69) is 6.58 Å². The molecule has 54 valence electrons. The van der Waals surface area contributed by atoms with Gasteiger partial charge in [-0.1, -0.05) is 6.58 Å². The van der Waals surface area contributed by atoms with Gasteiger partial charge in [-0.3, -0.25) is 0 Å². The molecule has 0 saturated carbocycles. The summed E-state index contributed by atoms with van der Waals surface area (Å²) in [7, 11) is -0.795. The van der Waals surface area contributed by atoms with Crippen molar-refractivity contribution >= 4 is 8.38 Å². The molecule has 0 fully saturated rings. The van der Waals surface area contributed by atoms with Gasteiger partial charge in [0.05, 0.1) is 13.2 Å². The van der Waals surface area contributed by atoms with Gasteiger partial charge in [-0.05, 0) is 19.7 Å². The minimum Gasteiger partial charge on any atom is -0.331 e. The Bertz CT molecular complexity index is 69.5. The Kier molecular flexibility index (Phi) is 6.28. The third-order valence-corrected chi connectivity index (χ3v) is 1.99. The third-order valence-electron chi connectivity index (χ3n) is 0.662. The van der Waals surface area contributed by atoms with Crippen LogP contribution >= 0.6 is 8.38 Å². The molecule has 0 heterocycles. The minimum atomic E-state index is -0.795. The fourth-order valence-electron chi connectivity index (χ4n) is 0.397. The van der Waals surface area contributed by atoms with E-state index in [9.17, 15) is 0 Å². The van der Waals surface area contributed by atoms with Gasteiger partial charge < -0.3 is 9.05 Å². The molecule has 0 saturated heterocycles. The second kappa shape index (κ2) is 6.21. The molecule has 0 aliphatic heterocycles. The van der Waals surface area contributed by atoms with E-state index in [1.807, 2.05) is 13.8 Å². The standard InChI is InChI=1S/C6H13O2P/c1-4-7-9(6-3)8-5-2/h6H,3-5H2,1-2H3. The molecule has 0 aromatic carbocycles. The molecule has 0 aliphatic rings. The molecular formula is C6H13O2P.